The molecule has 0 saturated carbocycles. The number of amides is 1. The van der Waals surface area contributed by atoms with Crippen molar-refractivity contribution in [3.05, 3.63) is 29.8 Å². The average Bonchev–Trinajstić information content (AvgIpc) is 2.31. The summed E-state index contributed by atoms with van der Waals surface area (Å²) in [6.07, 6.45) is 1.99. The number of rotatable bonds is 6. The van der Waals surface area contributed by atoms with E-state index in [1.54, 1.807) is 30.5 Å². The maximum atomic E-state index is 11.6. The van der Waals surface area contributed by atoms with Gasteiger partial charge in [-0.3, -0.25) is 9.00 Å². The number of nitrogens with one attached hydrogen (secondary N) is 1. The van der Waals surface area contributed by atoms with Crippen molar-refractivity contribution in [2.24, 2.45) is 5.73 Å². The standard InChI is InChI=1S/C12H18N2O3S/c1-18(17)7-6-14-12(16)11(13)8-9-2-4-10(15)5-3-9/h2-5,11,15H,6-8,13H2,1H3,(H,14,16)/t11-,18?/m0/s1. The van der Waals surface area contributed by atoms with Crippen molar-refractivity contribution in [1.82, 2.24) is 5.32 Å². The number of carbonyl (C=O) groups is 1. The molecule has 1 unspecified atom stereocenters. The summed E-state index contributed by atoms with van der Waals surface area (Å²) in [5, 5.41) is 11.8. The third-order valence-corrected chi connectivity index (χ3v) is 3.20. The zero-order chi connectivity index (χ0) is 13.5. The quantitative estimate of drug-likeness (QED) is 0.665. The Labute approximate surface area is 109 Å². The van der Waals surface area contributed by atoms with E-state index in [2.05, 4.69) is 5.32 Å². The zero-order valence-electron chi connectivity index (χ0n) is 10.3. The van der Waals surface area contributed by atoms with Gasteiger partial charge in [-0.05, 0) is 24.1 Å². The van der Waals surface area contributed by atoms with E-state index < -0.39 is 16.8 Å². The Balaban J connectivity index is 2.39. The van der Waals surface area contributed by atoms with E-state index >= 15 is 0 Å². The highest BCUT2D eigenvalue weighted by atomic mass is 32.2. The first-order chi connectivity index (χ1) is 8.49. The van der Waals surface area contributed by atoms with Crippen molar-refractivity contribution in [3.8, 4) is 5.75 Å². The van der Waals surface area contributed by atoms with Gasteiger partial charge >= 0.3 is 0 Å². The van der Waals surface area contributed by atoms with E-state index in [1.165, 1.54) is 0 Å². The van der Waals surface area contributed by atoms with Crippen molar-refractivity contribution in [2.45, 2.75) is 12.5 Å². The zero-order valence-corrected chi connectivity index (χ0v) is 11.1. The average molecular weight is 270 g/mol. The smallest absolute Gasteiger partial charge is 0.237 e. The van der Waals surface area contributed by atoms with Gasteiger partial charge in [0.2, 0.25) is 5.91 Å². The molecule has 0 heterocycles. The second kappa shape index (κ2) is 7.13. The minimum atomic E-state index is -0.919. The van der Waals surface area contributed by atoms with Gasteiger partial charge in [-0.1, -0.05) is 12.1 Å². The molecule has 0 bridgehead atoms. The lowest BCUT2D eigenvalue weighted by molar-refractivity contribution is -0.122. The van der Waals surface area contributed by atoms with E-state index in [1.807, 2.05) is 0 Å². The fourth-order valence-electron chi connectivity index (χ4n) is 1.43. The number of phenols is 1. The summed E-state index contributed by atoms with van der Waals surface area (Å²) in [4.78, 5) is 11.6. The molecule has 0 radical (unpaired) electrons. The Kier molecular flexibility index (Phi) is 5.80. The van der Waals surface area contributed by atoms with Crippen LogP contribution in [0, 0.1) is 0 Å². The van der Waals surface area contributed by atoms with Crippen LogP contribution in [0.15, 0.2) is 24.3 Å². The number of carbonyl (C=O) groups excluding carboxylic acids is 1. The third kappa shape index (κ3) is 5.29. The van der Waals surface area contributed by atoms with Crippen LogP contribution in [0.4, 0.5) is 0 Å². The summed E-state index contributed by atoms with van der Waals surface area (Å²) in [6, 6.07) is 5.92. The van der Waals surface area contributed by atoms with Gasteiger partial charge < -0.3 is 16.2 Å². The van der Waals surface area contributed by atoms with Gasteiger partial charge in [-0.2, -0.15) is 0 Å². The van der Waals surface area contributed by atoms with E-state index in [9.17, 15) is 9.00 Å². The predicted octanol–water partition coefficient (Wildman–Crippen LogP) is -0.243. The lowest BCUT2D eigenvalue weighted by Gasteiger charge is -2.12. The number of aromatic hydroxyl groups is 1. The first kappa shape index (κ1) is 14.7. The minimum absolute atomic E-state index is 0.183. The molecule has 1 aromatic carbocycles. The summed E-state index contributed by atoms with van der Waals surface area (Å²) in [5.41, 5.74) is 6.64. The van der Waals surface area contributed by atoms with Crippen LogP contribution in [0.25, 0.3) is 0 Å². The van der Waals surface area contributed by atoms with Gasteiger partial charge in [0.15, 0.2) is 0 Å². The highest BCUT2D eigenvalue weighted by molar-refractivity contribution is 7.84. The van der Waals surface area contributed by atoms with Crippen LogP contribution >= 0.6 is 0 Å². The normalized spacial score (nSPS) is 13.9. The van der Waals surface area contributed by atoms with Crippen LogP contribution in [-0.2, 0) is 22.0 Å². The third-order valence-electron chi connectivity index (χ3n) is 2.42. The molecule has 1 amide bonds. The van der Waals surface area contributed by atoms with Crippen LogP contribution < -0.4 is 11.1 Å². The molecular weight excluding hydrogens is 252 g/mol. The van der Waals surface area contributed by atoms with Crippen molar-refractivity contribution in [3.63, 3.8) is 0 Å². The summed E-state index contributed by atoms with van der Waals surface area (Å²) in [5.74, 6) is 0.355. The number of hydrogen-bond donors (Lipinski definition) is 3. The Morgan fingerprint density at radius 1 is 1.44 bits per heavy atom. The van der Waals surface area contributed by atoms with Crippen molar-refractivity contribution in [1.29, 1.82) is 0 Å². The molecular formula is C12H18N2O3S. The second-order valence-electron chi connectivity index (χ2n) is 4.05. The predicted molar refractivity (Wildman–Crippen MR) is 71.7 cm³/mol. The molecule has 0 aliphatic heterocycles. The van der Waals surface area contributed by atoms with Gasteiger partial charge in [0.1, 0.15) is 5.75 Å². The molecule has 5 nitrogen and oxygen atoms in total. The lowest BCUT2D eigenvalue weighted by Crippen LogP contribution is -2.43. The summed E-state index contributed by atoms with van der Waals surface area (Å²) in [7, 11) is -0.919. The largest absolute Gasteiger partial charge is 0.508 e. The molecule has 100 valence electrons. The molecule has 6 heteroatoms. The van der Waals surface area contributed by atoms with Gasteiger partial charge in [0.05, 0.1) is 6.04 Å². The van der Waals surface area contributed by atoms with Crippen LogP contribution in [0.5, 0.6) is 5.75 Å². The number of nitrogens with two attached hydrogens (primary N) is 1. The SMILES string of the molecule is CS(=O)CCNC(=O)[C@@H](N)Cc1ccc(O)cc1. The maximum Gasteiger partial charge on any atom is 0.237 e. The molecule has 0 aliphatic rings. The van der Waals surface area contributed by atoms with Gasteiger partial charge in [-0.15, -0.1) is 0 Å². The van der Waals surface area contributed by atoms with Gasteiger partial charge in [-0.25, -0.2) is 0 Å². The lowest BCUT2D eigenvalue weighted by atomic mass is 10.1. The molecule has 1 rings (SSSR count). The van der Waals surface area contributed by atoms with Crippen molar-refractivity contribution in [2.75, 3.05) is 18.6 Å². The Morgan fingerprint density at radius 3 is 2.61 bits per heavy atom. The Bertz CT molecular complexity index is 420. The maximum absolute atomic E-state index is 11.6. The molecule has 1 aromatic rings. The fourth-order valence-corrected chi connectivity index (χ4v) is 1.82. The molecule has 0 aliphatic carbocycles. The highest BCUT2D eigenvalue weighted by Crippen LogP contribution is 2.10. The molecule has 0 aromatic heterocycles. The van der Waals surface area contributed by atoms with Crippen molar-refractivity contribution >= 4 is 16.7 Å². The first-order valence-electron chi connectivity index (χ1n) is 5.60. The van der Waals surface area contributed by atoms with Crippen LogP contribution in [0.2, 0.25) is 0 Å². The fraction of sp³-hybridized carbons (Fsp3) is 0.417. The van der Waals surface area contributed by atoms with Crippen LogP contribution in [-0.4, -0.2) is 39.8 Å². The number of benzene rings is 1. The molecule has 2 atom stereocenters. The van der Waals surface area contributed by atoms with Crippen LogP contribution in [0.3, 0.4) is 0 Å². The molecule has 18 heavy (non-hydrogen) atoms. The van der Waals surface area contributed by atoms with Crippen molar-refractivity contribution < 1.29 is 14.1 Å². The number of phenolic OH excluding ortho intramolecular Hbond substituents is 1. The van der Waals surface area contributed by atoms with Gasteiger partial charge in [0.25, 0.3) is 0 Å². The molecule has 0 saturated heterocycles. The van der Waals surface area contributed by atoms with E-state index in [-0.39, 0.29) is 11.7 Å². The van der Waals surface area contributed by atoms with Gasteiger partial charge in [0, 0.05) is 29.4 Å². The monoisotopic (exact) mass is 270 g/mol. The molecule has 0 spiro atoms. The minimum Gasteiger partial charge on any atom is -0.508 e. The summed E-state index contributed by atoms with van der Waals surface area (Å²) < 4.78 is 10.8. The summed E-state index contributed by atoms with van der Waals surface area (Å²) >= 11 is 0. The molecule has 4 N–H and O–H groups in total. The first-order valence-corrected chi connectivity index (χ1v) is 7.33. The Morgan fingerprint density at radius 2 is 2.06 bits per heavy atom. The number of hydrogen-bond acceptors (Lipinski definition) is 4. The van der Waals surface area contributed by atoms with E-state index in [0.717, 1.165) is 5.56 Å². The summed E-state index contributed by atoms with van der Waals surface area (Å²) in [6.45, 7) is 0.366. The van der Waals surface area contributed by atoms with E-state index in [0.29, 0.717) is 18.7 Å². The topological polar surface area (TPSA) is 92.4 Å². The van der Waals surface area contributed by atoms with E-state index in [4.69, 9.17) is 10.8 Å². The molecule has 0 fully saturated rings. The highest BCUT2D eigenvalue weighted by Gasteiger charge is 2.13. The Hall–Kier alpha value is -1.40. The van der Waals surface area contributed by atoms with Crippen LogP contribution in [0.1, 0.15) is 5.56 Å². The second-order valence-corrected chi connectivity index (χ2v) is 5.60.